The average Bonchev–Trinajstić information content (AvgIpc) is 2.64. The van der Waals surface area contributed by atoms with E-state index in [4.69, 9.17) is 11.6 Å². The number of guanidine groups is 1. The Hall–Kier alpha value is -2.05. The van der Waals surface area contributed by atoms with Gasteiger partial charge in [0.25, 0.3) is 0 Å². The standard InChI is InChI=1S/C21H28ClN3O2S/c1-21(2,18-7-5-6-8-19(18)22)15-25-20(23-3)24-14-13-16-9-11-17(12-10-16)28(4,26)27/h5-12H,13-15H2,1-4H3,(H2,23,24,25). The number of sulfone groups is 1. The first-order valence-electron chi connectivity index (χ1n) is 9.12. The average molecular weight is 422 g/mol. The molecule has 0 saturated heterocycles. The lowest BCUT2D eigenvalue weighted by Gasteiger charge is -2.27. The van der Waals surface area contributed by atoms with Gasteiger partial charge in [0.2, 0.25) is 0 Å². The van der Waals surface area contributed by atoms with Crippen LogP contribution in [0.1, 0.15) is 25.0 Å². The summed E-state index contributed by atoms with van der Waals surface area (Å²) in [6.07, 6.45) is 1.97. The molecule has 28 heavy (non-hydrogen) atoms. The summed E-state index contributed by atoms with van der Waals surface area (Å²) in [6.45, 7) is 5.64. The summed E-state index contributed by atoms with van der Waals surface area (Å²) in [5.41, 5.74) is 1.99. The Balaban J connectivity index is 1.87. The number of hydrogen-bond donors (Lipinski definition) is 2. The fraction of sp³-hybridized carbons (Fsp3) is 0.381. The summed E-state index contributed by atoms with van der Waals surface area (Å²) in [5, 5.41) is 7.40. The molecule has 0 radical (unpaired) electrons. The van der Waals surface area contributed by atoms with Crippen LogP contribution in [0.2, 0.25) is 5.02 Å². The molecule has 0 bridgehead atoms. The van der Waals surface area contributed by atoms with Crippen molar-refractivity contribution < 1.29 is 8.42 Å². The quantitative estimate of drug-likeness (QED) is 0.530. The van der Waals surface area contributed by atoms with Gasteiger partial charge in [-0.1, -0.05) is 55.8 Å². The van der Waals surface area contributed by atoms with E-state index in [1.54, 1.807) is 19.2 Å². The van der Waals surface area contributed by atoms with E-state index in [9.17, 15) is 8.42 Å². The zero-order valence-electron chi connectivity index (χ0n) is 16.8. The normalized spacial score (nSPS) is 12.7. The first-order chi connectivity index (χ1) is 13.1. The second-order valence-corrected chi connectivity index (χ2v) is 9.81. The Kier molecular flexibility index (Phi) is 7.49. The van der Waals surface area contributed by atoms with Crippen molar-refractivity contribution in [3.63, 3.8) is 0 Å². The van der Waals surface area contributed by atoms with Gasteiger partial charge in [0.05, 0.1) is 4.90 Å². The van der Waals surface area contributed by atoms with Crippen LogP contribution >= 0.6 is 11.6 Å². The van der Waals surface area contributed by atoms with Crippen molar-refractivity contribution in [2.45, 2.75) is 30.6 Å². The maximum Gasteiger partial charge on any atom is 0.191 e. The molecule has 0 fully saturated rings. The number of hydrogen-bond acceptors (Lipinski definition) is 3. The molecule has 2 aromatic rings. The molecular formula is C21H28ClN3O2S. The number of halogens is 1. The number of nitrogens with zero attached hydrogens (tertiary/aromatic N) is 1. The highest BCUT2D eigenvalue weighted by atomic mass is 35.5. The van der Waals surface area contributed by atoms with Gasteiger partial charge in [0.1, 0.15) is 0 Å². The van der Waals surface area contributed by atoms with E-state index in [-0.39, 0.29) is 5.41 Å². The minimum Gasteiger partial charge on any atom is -0.356 e. The Morgan fingerprint density at radius 2 is 1.71 bits per heavy atom. The van der Waals surface area contributed by atoms with Crippen molar-refractivity contribution in [3.8, 4) is 0 Å². The third kappa shape index (κ3) is 6.24. The minimum absolute atomic E-state index is 0.155. The van der Waals surface area contributed by atoms with Crippen molar-refractivity contribution in [2.24, 2.45) is 4.99 Å². The van der Waals surface area contributed by atoms with Crippen molar-refractivity contribution in [1.29, 1.82) is 0 Å². The van der Waals surface area contributed by atoms with E-state index in [0.717, 1.165) is 22.6 Å². The number of nitrogens with one attached hydrogen (secondary N) is 2. The molecule has 0 aromatic heterocycles. The first kappa shape index (κ1) is 22.2. The predicted molar refractivity (Wildman–Crippen MR) is 117 cm³/mol. The molecule has 0 spiro atoms. The molecule has 2 N–H and O–H groups in total. The van der Waals surface area contributed by atoms with Crippen LogP contribution in [0.25, 0.3) is 0 Å². The van der Waals surface area contributed by atoms with Crippen LogP contribution < -0.4 is 10.6 Å². The van der Waals surface area contributed by atoms with Gasteiger partial charge >= 0.3 is 0 Å². The second kappa shape index (κ2) is 9.43. The number of benzene rings is 2. The Labute approximate surface area is 173 Å². The molecule has 152 valence electrons. The fourth-order valence-corrected chi connectivity index (χ4v) is 3.88. The van der Waals surface area contributed by atoms with Crippen molar-refractivity contribution in [1.82, 2.24) is 10.6 Å². The van der Waals surface area contributed by atoms with Crippen LogP contribution in [0.3, 0.4) is 0 Å². The van der Waals surface area contributed by atoms with E-state index < -0.39 is 9.84 Å². The molecule has 0 atom stereocenters. The second-order valence-electron chi connectivity index (χ2n) is 7.38. The zero-order valence-corrected chi connectivity index (χ0v) is 18.4. The lowest BCUT2D eigenvalue weighted by atomic mass is 9.84. The molecule has 0 aliphatic carbocycles. The summed E-state index contributed by atoms with van der Waals surface area (Å²) >= 11 is 6.34. The van der Waals surface area contributed by atoms with Gasteiger partial charge < -0.3 is 10.6 Å². The highest BCUT2D eigenvalue weighted by molar-refractivity contribution is 7.90. The van der Waals surface area contributed by atoms with Crippen LogP contribution in [0, 0.1) is 0 Å². The maximum absolute atomic E-state index is 11.5. The third-order valence-electron chi connectivity index (χ3n) is 4.58. The largest absolute Gasteiger partial charge is 0.356 e. The molecule has 0 aliphatic rings. The summed E-state index contributed by atoms with van der Waals surface area (Å²) in [4.78, 5) is 4.60. The van der Waals surface area contributed by atoms with Crippen LogP contribution in [-0.4, -0.2) is 40.8 Å². The minimum atomic E-state index is -3.16. The molecule has 2 rings (SSSR count). The van der Waals surface area contributed by atoms with Gasteiger partial charge in [-0.2, -0.15) is 0 Å². The van der Waals surface area contributed by atoms with E-state index in [0.29, 0.717) is 23.9 Å². The third-order valence-corrected chi connectivity index (χ3v) is 6.04. The van der Waals surface area contributed by atoms with Gasteiger partial charge in [-0.15, -0.1) is 0 Å². The summed E-state index contributed by atoms with van der Waals surface area (Å²) < 4.78 is 23.0. The first-order valence-corrected chi connectivity index (χ1v) is 11.4. The zero-order chi connectivity index (χ0) is 20.8. The summed E-state index contributed by atoms with van der Waals surface area (Å²) in [7, 11) is -1.42. The van der Waals surface area contributed by atoms with Gasteiger partial charge in [0, 0.05) is 36.8 Å². The van der Waals surface area contributed by atoms with Crippen molar-refractivity contribution >= 4 is 27.4 Å². The van der Waals surface area contributed by atoms with E-state index >= 15 is 0 Å². The molecule has 0 unspecified atom stereocenters. The highest BCUT2D eigenvalue weighted by Crippen LogP contribution is 2.28. The smallest absolute Gasteiger partial charge is 0.191 e. The molecule has 0 saturated carbocycles. The van der Waals surface area contributed by atoms with Crippen LogP contribution in [0.4, 0.5) is 0 Å². The van der Waals surface area contributed by atoms with Gasteiger partial charge in [-0.05, 0) is 35.7 Å². The topological polar surface area (TPSA) is 70.6 Å². The van der Waals surface area contributed by atoms with Gasteiger partial charge in [-0.25, -0.2) is 8.42 Å². The lowest BCUT2D eigenvalue weighted by Crippen LogP contribution is -2.44. The summed E-state index contributed by atoms with van der Waals surface area (Å²) in [6, 6.07) is 14.8. The Morgan fingerprint density at radius 1 is 1.07 bits per heavy atom. The Bertz CT molecular complexity index is 923. The molecule has 7 heteroatoms. The van der Waals surface area contributed by atoms with Gasteiger partial charge in [0.15, 0.2) is 15.8 Å². The Morgan fingerprint density at radius 3 is 2.29 bits per heavy atom. The molecular weight excluding hydrogens is 394 g/mol. The lowest BCUT2D eigenvalue weighted by molar-refractivity contribution is 0.509. The fourth-order valence-electron chi connectivity index (χ4n) is 2.86. The maximum atomic E-state index is 11.5. The van der Waals surface area contributed by atoms with E-state index in [1.165, 1.54) is 6.26 Å². The molecule has 5 nitrogen and oxygen atoms in total. The van der Waals surface area contributed by atoms with Crippen molar-refractivity contribution in [3.05, 3.63) is 64.7 Å². The molecule has 2 aromatic carbocycles. The van der Waals surface area contributed by atoms with E-state index in [1.807, 2.05) is 36.4 Å². The van der Waals surface area contributed by atoms with Crippen LogP contribution in [0.5, 0.6) is 0 Å². The van der Waals surface area contributed by atoms with E-state index in [2.05, 4.69) is 29.5 Å². The molecule has 0 amide bonds. The molecule has 0 aliphatic heterocycles. The van der Waals surface area contributed by atoms with Crippen molar-refractivity contribution in [2.75, 3.05) is 26.4 Å². The van der Waals surface area contributed by atoms with Crippen LogP contribution in [0.15, 0.2) is 58.4 Å². The summed E-state index contributed by atoms with van der Waals surface area (Å²) in [5.74, 6) is 0.716. The highest BCUT2D eigenvalue weighted by Gasteiger charge is 2.23. The predicted octanol–water partition coefficient (Wildman–Crippen LogP) is 3.43. The number of aliphatic imine (C=N–C) groups is 1. The SMILES string of the molecule is CN=C(NCCc1ccc(S(C)(=O)=O)cc1)NCC(C)(C)c1ccccc1Cl. The monoisotopic (exact) mass is 421 g/mol. The molecule has 0 heterocycles. The van der Waals surface area contributed by atoms with Gasteiger partial charge in [-0.3, -0.25) is 4.99 Å². The number of rotatable bonds is 7. The van der Waals surface area contributed by atoms with Crippen LogP contribution in [-0.2, 0) is 21.7 Å².